The first-order chi connectivity index (χ1) is 13.6. The third-order valence-electron chi connectivity index (χ3n) is 4.14. The van der Waals surface area contributed by atoms with Gasteiger partial charge in [0.05, 0.1) is 21.3 Å². The molecular formula is C21H26N2O5. The van der Waals surface area contributed by atoms with Crippen LogP contribution in [0.3, 0.4) is 0 Å². The number of rotatable bonds is 10. The third-order valence-corrected chi connectivity index (χ3v) is 4.14. The summed E-state index contributed by atoms with van der Waals surface area (Å²) >= 11 is 0. The molecule has 0 aliphatic carbocycles. The van der Waals surface area contributed by atoms with Crippen molar-refractivity contribution in [3.05, 3.63) is 59.4 Å². The summed E-state index contributed by atoms with van der Waals surface area (Å²) in [6.45, 7) is 0.878. The molecule has 0 saturated heterocycles. The molecule has 0 bridgehead atoms. The first-order valence-electron chi connectivity index (χ1n) is 8.81. The SMILES string of the molecule is COOCc1cncc(/C=C/C(=O)N(C)CCc2ccc(OC)c(OC)c2)c1. The summed E-state index contributed by atoms with van der Waals surface area (Å²) in [5, 5.41) is 0. The summed E-state index contributed by atoms with van der Waals surface area (Å²) in [5.41, 5.74) is 2.74. The fraction of sp³-hybridized carbons (Fsp3) is 0.333. The molecule has 7 nitrogen and oxygen atoms in total. The van der Waals surface area contributed by atoms with Crippen LogP contribution >= 0.6 is 0 Å². The van der Waals surface area contributed by atoms with Crippen LogP contribution in [0.4, 0.5) is 0 Å². The van der Waals surface area contributed by atoms with Crippen molar-refractivity contribution in [2.24, 2.45) is 0 Å². The number of amides is 1. The molecule has 0 atom stereocenters. The van der Waals surface area contributed by atoms with Crippen molar-refractivity contribution in [1.82, 2.24) is 9.88 Å². The van der Waals surface area contributed by atoms with Crippen LogP contribution in [0.25, 0.3) is 6.08 Å². The Bertz CT molecular complexity index is 807. The summed E-state index contributed by atoms with van der Waals surface area (Å²) in [7, 11) is 6.43. The molecule has 1 heterocycles. The highest BCUT2D eigenvalue weighted by molar-refractivity contribution is 5.91. The lowest BCUT2D eigenvalue weighted by molar-refractivity contribution is -0.282. The Labute approximate surface area is 165 Å². The van der Waals surface area contributed by atoms with E-state index in [0.29, 0.717) is 31.1 Å². The summed E-state index contributed by atoms with van der Waals surface area (Å²) in [6.07, 6.45) is 7.35. The first kappa shape index (κ1) is 21.4. The van der Waals surface area contributed by atoms with E-state index in [-0.39, 0.29) is 5.91 Å². The van der Waals surface area contributed by atoms with Crippen LogP contribution in [-0.2, 0) is 27.6 Å². The van der Waals surface area contributed by atoms with Gasteiger partial charge in [-0.1, -0.05) is 6.07 Å². The number of methoxy groups -OCH3 is 2. The van der Waals surface area contributed by atoms with E-state index in [1.807, 2.05) is 24.3 Å². The van der Waals surface area contributed by atoms with Crippen molar-refractivity contribution in [1.29, 1.82) is 0 Å². The van der Waals surface area contributed by atoms with Gasteiger partial charge in [0.2, 0.25) is 5.91 Å². The molecular weight excluding hydrogens is 360 g/mol. The zero-order valence-electron chi connectivity index (χ0n) is 16.7. The van der Waals surface area contributed by atoms with Crippen molar-refractivity contribution >= 4 is 12.0 Å². The molecule has 0 saturated carbocycles. The molecule has 1 amide bonds. The lowest BCUT2D eigenvalue weighted by Gasteiger charge is -2.16. The molecule has 1 aromatic carbocycles. The van der Waals surface area contributed by atoms with E-state index < -0.39 is 0 Å². The van der Waals surface area contributed by atoms with Crippen LogP contribution in [0, 0.1) is 0 Å². The van der Waals surface area contributed by atoms with Gasteiger partial charge in [0.15, 0.2) is 11.5 Å². The topological polar surface area (TPSA) is 70.1 Å². The molecule has 28 heavy (non-hydrogen) atoms. The van der Waals surface area contributed by atoms with Crippen molar-refractivity contribution < 1.29 is 24.0 Å². The van der Waals surface area contributed by atoms with Gasteiger partial charge in [0.1, 0.15) is 6.61 Å². The fourth-order valence-corrected chi connectivity index (χ4v) is 2.54. The van der Waals surface area contributed by atoms with Crippen molar-refractivity contribution in [3.8, 4) is 11.5 Å². The summed E-state index contributed by atoms with van der Waals surface area (Å²) < 4.78 is 10.6. The van der Waals surface area contributed by atoms with Gasteiger partial charge in [-0.3, -0.25) is 9.78 Å². The molecule has 2 rings (SSSR count). The Morgan fingerprint density at radius 2 is 1.86 bits per heavy atom. The summed E-state index contributed by atoms with van der Waals surface area (Å²) in [4.78, 5) is 27.6. The van der Waals surface area contributed by atoms with E-state index in [1.54, 1.807) is 44.6 Å². The molecule has 0 aliphatic heterocycles. The van der Waals surface area contributed by atoms with Gasteiger partial charge in [0, 0.05) is 32.1 Å². The molecule has 0 aliphatic rings. The number of ether oxygens (including phenoxy) is 2. The van der Waals surface area contributed by atoms with E-state index >= 15 is 0 Å². The normalized spacial score (nSPS) is 10.9. The highest BCUT2D eigenvalue weighted by Crippen LogP contribution is 2.27. The molecule has 150 valence electrons. The standard InChI is InChI=1S/C21H26N2O5/c1-23(10-9-16-5-7-19(25-2)20(12-16)26-3)21(24)8-6-17-11-18(14-22-13-17)15-28-27-4/h5-8,11-14H,9-10,15H2,1-4H3/b8-6+. The molecule has 0 spiro atoms. The van der Waals surface area contributed by atoms with Crippen LogP contribution < -0.4 is 9.47 Å². The minimum Gasteiger partial charge on any atom is -0.493 e. The molecule has 1 aromatic heterocycles. The molecule has 7 heteroatoms. The average Bonchev–Trinajstić information content (AvgIpc) is 2.74. The zero-order chi connectivity index (χ0) is 20.4. The van der Waals surface area contributed by atoms with Gasteiger partial charge in [-0.25, -0.2) is 9.78 Å². The Kier molecular flexibility index (Phi) is 8.45. The van der Waals surface area contributed by atoms with Crippen LogP contribution in [0.1, 0.15) is 16.7 Å². The number of carbonyl (C=O) groups is 1. The maximum Gasteiger partial charge on any atom is 0.246 e. The second-order valence-corrected chi connectivity index (χ2v) is 6.09. The highest BCUT2D eigenvalue weighted by atomic mass is 17.2. The number of likely N-dealkylation sites (N-methyl/N-ethyl adjacent to an activating group) is 1. The first-order valence-corrected chi connectivity index (χ1v) is 8.81. The lowest BCUT2D eigenvalue weighted by atomic mass is 10.1. The van der Waals surface area contributed by atoms with E-state index in [2.05, 4.69) is 9.87 Å². The lowest BCUT2D eigenvalue weighted by Crippen LogP contribution is -2.27. The zero-order valence-corrected chi connectivity index (χ0v) is 16.7. The minimum atomic E-state index is -0.0842. The number of nitrogens with zero attached hydrogens (tertiary/aromatic N) is 2. The second-order valence-electron chi connectivity index (χ2n) is 6.09. The van der Waals surface area contributed by atoms with E-state index in [0.717, 1.165) is 16.7 Å². The number of benzene rings is 1. The Morgan fingerprint density at radius 3 is 2.57 bits per heavy atom. The molecule has 2 aromatic rings. The quantitative estimate of drug-likeness (QED) is 0.355. The van der Waals surface area contributed by atoms with E-state index in [9.17, 15) is 4.79 Å². The number of hydrogen-bond acceptors (Lipinski definition) is 6. The van der Waals surface area contributed by atoms with E-state index in [4.69, 9.17) is 14.4 Å². The molecule has 0 N–H and O–H groups in total. The van der Waals surface area contributed by atoms with E-state index in [1.165, 1.54) is 13.2 Å². The monoisotopic (exact) mass is 386 g/mol. The maximum atomic E-state index is 12.3. The number of pyridine rings is 1. The van der Waals surface area contributed by atoms with Crippen molar-refractivity contribution in [2.75, 3.05) is 34.9 Å². The van der Waals surface area contributed by atoms with Gasteiger partial charge < -0.3 is 14.4 Å². The minimum absolute atomic E-state index is 0.0842. The Balaban J connectivity index is 1.91. The Hall–Kier alpha value is -2.90. The number of hydrogen-bond donors (Lipinski definition) is 0. The number of aromatic nitrogens is 1. The van der Waals surface area contributed by atoms with Crippen LogP contribution in [0.15, 0.2) is 42.7 Å². The van der Waals surface area contributed by atoms with Crippen LogP contribution in [-0.4, -0.2) is 50.7 Å². The predicted octanol–water partition coefficient (Wildman–Crippen LogP) is 2.89. The summed E-state index contributed by atoms with van der Waals surface area (Å²) in [5.74, 6) is 1.28. The third kappa shape index (κ3) is 6.37. The van der Waals surface area contributed by atoms with Gasteiger partial charge in [-0.15, -0.1) is 0 Å². The van der Waals surface area contributed by atoms with Gasteiger partial charge >= 0.3 is 0 Å². The summed E-state index contributed by atoms with van der Waals surface area (Å²) in [6, 6.07) is 7.64. The smallest absolute Gasteiger partial charge is 0.246 e. The predicted molar refractivity (Wildman–Crippen MR) is 106 cm³/mol. The fourth-order valence-electron chi connectivity index (χ4n) is 2.54. The average molecular weight is 386 g/mol. The largest absolute Gasteiger partial charge is 0.493 e. The molecule has 0 unspecified atom stereocenters. The maximum absolute atomic E-state index is 12.3. The molecule has 0 radical (unpaired) electrons. The van der Waals surface area contributed by atoms with Crippen molar-refractivity contribution in [3.63, 3.8) is 0 Å². The van der Waals surface area contributed by atoms with Crippen LogP contribution in [0.2, 0.25) is 0 Å². The van der Waals surface area contributed by atoms with Gasteiger partial charge in [-0.05, 0) is 47.4 Å². The second kappa shape index (κ2) is 11.1. The van der Waals surface area contributed by atoms with Gasteiger partial charge in [-0.2, -0.15) is 0 Å². The van der Waals surface area contributed by atoms with Crippen LogP contribution in [0.5, 0.6) is 11.5 Å². The van der Waals surface area contributed by atoms with Crippen molar-refractivity contribution in [2.45, 2.75) is 13.0 Å². The van der Waals surface area contributed by atoms with Gasteiger partial charge in [0.25, 0.3) is 0 Å². The Morgan fingerprint density at radius 1 is 1.07 bits per heavy atom. The number of carbonyl (C=O) groups excluding carboxylic acids is 1. The highest BCUT2D eigenvalue weighted by Gasteiger charge is 2.08. The molecule has 0 fully saturated rings.